The molecule has 140 valence electrons. The summed E-state index contributed by atoms with van der Waals surface area (Å²) in [6.07, 6.45) is 3.60. The summed E-state index contributed by atoms with van der Waals surface area (Å²) in [6, 6.07) is 10.8. The van der Waals surface area contributed by atoms with Crippen LogP contribution in [0.5, 0.6) is 0 Å². The van der Waals surface area contributed by atoms with Crippen molar-refractivity contribution in [2.75, 3.05) is 0 Å². The second-order valence-electron chi connectivity index (χ2n) is 6.06. The van der Waals surface area contributed by atoms with Gasteiger partial charge in [-0.15, -0.1) is 0 Å². The van der Waals surface area contributed by atoms with E-state index in [-0.39, 0.29) is 0 Å². The van der Waals surface area contributed by atoms with E-state index >= 15 is 0 Å². The van der Waals surface area contributed by atoms with Crippen molar-refractivity contribution in [3.63, 3.8) is 0 Å². The molecule has 0 saturated carbocycles. The third kappa shape index (κ3) is 4.75. The van der Waals surface area contributed by atoms with Crippen LogP contribution in [-0.4, -0.2) is 21.7 Å². The monoisotopic (exact) mass is 367 g/mol. The molecule has 0 fully saturated rings. The lowest BCUT2D eigenvalue weighted by Gasteiger charge is -2.12. The van der Waals surface area contributed by atoms with Crippen molar-refractivity contribution < 1.29 is 14.0 Å². The van der Waals surface area contributed by atoms with Gasteiger partial charge in [0.2, 0.25) is 0 Å². The van der Waals surface area contributed by atoms with E-state index in [4.69, 9.17) is 4.42 Å². The maximum Gasteiger partial charge on any atom is 0.333 e. The van der Waals surface area contributed by atoms with Crippen molar-refractivity contribution in [3.8, 4) is 0 Å². The number of benzene rings is 1. The number of rotatable bonds is 5. The standard InChI is InChI=1S/C19H21N5O3/c1-13-10-17(14(2)27-13)18(25)22-23-19(26)20-11-15-6-3-4-7-16(15)12-24-9-5-8-21-24/h3-10H,11-12H2,1-2H3,(H,22,25)(H2,20,23,26). The molecule has 0 spiro atoms. The highest BCUT2D eigenvalue weighted by molar-refractivity contribution is 5.96. The van der Waals surface area contributed by atoms with E-state index in [1.165, 1.54) is 0 Å². The second-order valence-corrected chi connectivity index (χ2v) is 6.06. The maximum absolute atomic E-state index is 12.1. The predicted octanol–water partition coefficient (Wildman–Crippen LogP) is 2.29. The summed E-state index contributed by atoms with van der Waals surface area (Å²) >= 11 is 0. The minimum absolute atomic E-state index is 0.322. The molecule has 0 aliphatic heterocycles. The normalized spacial score (nSPS) is 10.4. The number of aromatic nitrogens is 2. The van der Waals surface area contributed by atoms with Gasteiger partial charge in [0.1, 0.15) is 11.5 Å². The first-order valence-corrected chi connectivity index (χ1v) is 8.48. The van der Waals surface area contributed by atoms with Crippen LogP contribution in [0, 0.1) is 13.8 Å². The fourth-order valence-corrected chi connectivity index (χ4v) is 2.71. The van der Waals surface area contributed by atoms with Crippen LogP contribution in [0.2, 0.25) is 0 Å². The lowest BCUT2D eigenvalue weighted by atomic mass is 10.1. The van der Waals surface area contributed by atoms with Crippen LogP contribution < -0.4 is 16.2 Å². The third-order valence-corrected chi connectivity index (χ3v) is 4.02. The van der Waals surface area contributed by atoms with E-state index in [0.717, 1.165) is 11.1 Å². The van der Waals surface area contributed by atoms with Crippen molar-refractivity contribution in [3.05, 3.63) is 77.0 Å². The molecular formula is C19H21N5O3. The van der Waals surface area contributed by atoms with Gasteiger partial charge in [0.15, 0.2) is 0 Å². The number of carbonyl (C=O) groups is 2. The predicted molar refractivity (Wildman–Crippen MR) is 98.8 cm³/mol. The Bertz CT molecular complexity index is 931. The van der Waals surface area contributed by atoms with E-state index in [9.17, 15) is 9.59 Å². The Morgan fingerprint density at radius 1 is 1.11 bits per heavy atom. The molecule has 3 aromatic rings. The number of hydrazine groups is 1. The molecular weight excluding hydrogens is 346 g/mol. The summed E-state index contributed by atoms with van der Waals surface area (Å²) in [4.78, 5) is 24.1. The highest BCUT2D eigenvalue weighted by atomic mass is 16.3. The molecule has 8 nitrogen and oxygen atoms in total. The molecule has 0 bridgehead atoms. The summed E-state index contributed by atoms with van der Waals surface area (Å²) in [5, 5.41) is 6.92. The first kappa shape index (κ1) is 18.2. The van der Waals surface area contributed by atoms with Gasteiger partial charge in [-0.2, -0.15) is 5.10 Å². The first-order valence-electron chi connectivity index (χ1n) is 8.48. The van der Waals surface area contributed by atoms with Crippen LogP contribution in [0.25, 0.3) is 0 Å². The number of furan rings is 1. The van der Waals surface area contributed by atoms with Crippen LogP contribution in [0.15, 0.2) is 53.2 Å². The minimum atomic E-state index is -0.505. The summed E-state index contributed by atoms with van der Waals surface area (Å²) in [5.41, 5.74) is 7.11. The zero-order chi connectivity index (χ0) is 19.2. The SMILES string of the molecule is Cc1cc(C(=O)NNC(=O)NCc2ccccc2Cn2cccn2)c(C)o1. The van der Waals surface area contributed by atoms with Crippen LogP contribution >= 0.6 is 0 Å². The molecule has 8 heteroatoms. The number of amides is 3. The molecule has 2 aromatic heterocycles. The fraction of sp³-hybridized carbons (Fsp3) is 0.211. The van der Waals surface area contributed by atoms with Gasteiger partial charge in [-0.05, 0) is 37.1 Å². The summed E-state index contributed by atoms with van der Waals surface area (Å²) in [6.45, 7) is 4.38. The number of urea groups is 1. The van der Waals surface area contributed by atoms with E-state index in [2.05, 4.69) is 21.3 Å². The van der Waals surface area contributed by atoms with Crippen molar-refractivity contribution in [1.29, 1.82) is 0 Å². The van der Waals surface area contributed by atoms with Crippen molar-refractivity contribution in [1.82, 2.24) is 25.9 Å². The number of carbonyl (C=O) groups excluding carboxylic acids is 2. The summed E-state index contributed by atoms with van der Waals surface area (Å²) < 4.78 is 7.12. The molecule has 0 saturated heterocycles. The third-order valence-electron chi connectivity index (χ3n) is 4.02. The van der Waals surface area contributed by atoms with Gasteiger partial charge in [0.25, 0.3) is 5.91 Å². The lowest BCUT2D eigenvalue weighted by Crippen LogP contribution is -2.46. The smallest absolute Gasteiger partial charge is 0.333 e. The number of aryl methyl sites for hydroxylation is 2. The quantitative estimate of drug-likeness (QED) is 0.602. The van der Waals surface area contributed by atoms with E-state index in [1.54, 1.807) is 26.1 Å². The lowest BCUT2D eigenvalue weighted by molar-refractivity contribution is 0.0934. The van der Waals surface area contributed by atoms with Crippen LogP contribution in [0.3, 0.4) is 0 Å². The zero-order valence-electron chi connectivity index (χ0n) is 15.2. The number of hydrogen-bond donors (Lipinski definition) is 3. The topological polar surface area (TPSA) is 101 Å². The highest BCUT2D eigenvalue weighted by Crippen LogP contribution is 2.13. The molecule has 0 unspecified atom stereocenters. The Balaban J connectivity index is 1.52. The molecule has 0 aliphatic carbocycles. The molecule has 0 radical (unpaired) electrons. The molecule has 27 heavy (non-hydrogen) atoms. The van der Waals surface area contributed by atoms with Gasteiger partial charge in [0, 0.05) is 18.9 Å². The number of nitrogens with one attached hydrogen (secondary N) is 3. The van der Waals surface area contributed by atoms with E-state index in [0.29, 0.717) is 30.2 Å². The average Bonchev–Trinajstić information content (AvgIpc) is 3.28. The van der Waals surface area contributed by atoms with E-state index < -0.39 is 11.9 Å². The van der Waals surface area contributed by atoms with Crippen LogP contribution in [-0.2, 0) is 13.1 Å². The fourth-order valence-electron chi connectivity index (χ4n) is 2.71. The molecule has 2 heterocycles. The largest absolute Gasteiger partial charge is 0.466 e. The van der Waals surface area contributed by atoms with Crippen molar-refractivity contribution >= 4 is 11.9 Å². The molecule has 0 atom stereocenters. The van der Waals surface area contributed by atoms with Gasteiger partial charge in [0.05, 0.1) is 12.1 Å². The van der Waals surface area contributed by atoms with Crippen molar-refractivity contribution in [2.24, 2.45) is 0 Å². The van der Waals surface area contributed by atoms with Gasteiger partial charge < -0.3 is 9.73 Å². The Morgan fingerprint density at radius 2 is 1.89 bits per heavy atom. The molecule has 3 amide bonds. The highest BCUT2D eigenvalue weighted by Gasteiger charge is 2.14. The van der Waals surface area contributed by atoms with Crippen molar-refractivity contribution in [2.45, 2.75) is 26.9 Å². The van der Waals surface area contributed by atoms with Gasteiger partial charge >= 0.3 is 6.03 Å². The van der Waals surface area contributed by atoms with Gasteiger partial charge in [-0.1, -0.05) is 24.3 Å². The Morgan fingerprint density at radius 3 is 2.56 bits per heavy atom. The van der Waals surface area contributed by atoms with Crippen LogP contribution in [0.1, 0.15) is 33.0 Å². The second kappa shape index (κ2) is 8.22. The molecule has 3 N–H and O–H groups in total. The van der Waals surface area contributed by atoms with Crippen LogP contribution in [0.4, 0.5) is 4.79 Å². The Kier molecular flexibility index (Phi) is 5.55. The molecule has 1 aromatic carbocycles. The molecule has 0 aliphatic rings. The average molecular weight is 367 g/mol. The maximum atomic E-state index is 12.1. The Hall–Kier alpha value is -3.55. The summed E-state index contributed by atoms with van der Waals surface area (Å²) in [5.74, 6) is 0.703. The zero-order valence-corrected chi connectivity index (χ0v) is 15.2. The summed E-state index contributed by atoms with van der Waals surface area (Å²) in [7, 11) is 0. The first-order chi connectivity index (χ1) is 13.0. The van der Waals surface area contributed by atoms with Gasteiger partial charge in [-0.25, -0.2) is 10.2 Å². The number of nitrogens with zero attached hydrogens (tertiary/aromatic N) is 2. The molecule has 3 rings (SSSR count). The number of hydrogen-bond acceptors (Lipinski definition) is 4. The van der Waals surface area contributed by atoms with E-state index in [1.807, 2.05) is 41.2 Å². The Labute approximate surface area is 156 Å². The minimum Gasteiger partial charge on any atom is -0.466 e. The van der Waals surface area contributed by atoms with Gasteiger partial charge in [-0.3, -0.25) is 14.9 Å².